The number of nitrogens with zero attached hydrogens (tertiary/aromatic N) is 3. The van der Waals surface area contributed by atoms with Crippen molar-refractivity contribution in [3.63, 3.8) is 0 Å². The molecule has 0 spiro atoms. The van der Waals surface area contributed by atoms with Gasteiger partial charge in [-0.1, -0.05) is 0 Å². The molecule has 0 amide bonds. The summed E-state index contributed by atoms with van der Waals surface area (Å²) in [6.45, 7) is 1.65. The molecule has 1 aromatic carbocycles. The van der Waals surface area contributed by atoms with Gasteiger partial charge in [0.05, 0.1) is 4.47 Å². The first-order valence-electron chi connectivity index (χ1n) is 6.35. The summed E-state index contributed by atoms with van der Waals surface area (Å²) in [7, 11) is 4.04. The van der Waals surface area contributed by atoms with Crippen LogP contribution in [0.25, 0.3) is 0 Å². The van der Waals surface area contributed by atoms with Crippen LogP contribution in [0, 0.1) is 5.82 Å². The fourth-order valence-corrected chi connectivity index (χ4v) is 2.13. The Bertz CT molecular complexity index is 560. The van der Waals surface area contributed by atoms with Gasteiger partial charge in [0.1, 0.15) is 5.82 Å². The molecule has 2 rings (SSSR count). The number of anilines is 2. The van der Waals surface area contributed by atoms with E-state index in [0.717, 1.165) is 24.5 Å². The number of halogens is 2. The SMILES string of the molecule is CN(C)CCN(c1ccncc1)c1ccc(Br)c(F)c1. The molecular formula is C15H17BrFN3. The molecule has 20 heavy (non-hydrogen) atoms. The van der Waals surface area contributed by atoms with Crippen LogP contribution in [0.3, 0.4) is 0 Å². The van der Waals surface area contributed by atoms with Crippen molar-refractivity contribution in [3.05, 3.63) is 53.0 Å². The Morgan fingerprint density at radius 3 is 2.35 bits per heavy atom. The van der Waals surface area contributed by atoms with Gasteiger partial charge < -0.3 is 9.80 Å². The lowest BCUT2D eigenvalue weighted by atomic mass is 10.2. The molecule has 0 aliphatic rings. The molecule has 106 valence electrons. The summed E-state index contributed by atoms with van der Waals surface area (Å²) in [6, 6.07) is 9.03. The lowest BCUT2D eigenvalue weighted by molar-refractivity contribution is 0.418. The van der Waals surface area contributed by atoms with Crippen LogP contribution in [0.1, 0.15) is 0 Å². The van der Waals surface area contributed by atoms with E-state index in [1.54, 1.807) is 24.5 Å². The second-order valence-electron chi connectivity index (χ2n) is 4.76. The van der Waals surface area contributed by atoms with E-state index >= 15 is 0 Å². The van der Waals surface area contributed by atoms with Crippen molar-refractivity contribution in [2.24, 2.45) is 0 Å². The van der Waals surface area contributed by atoms with E-state index in [-0.39, 0.29) is 5.82 Å². The van der Waals surface area contributed by atoms with Gasteiger partial charge in [0.15, 0.2) is 0 Å². The van der Waals surface area contributed by atoms with E-state index in [2.05, 4.69) is 30.7 Å². The second-order valence-corrected chi connectivity index (χ2v) is 5.61. The van der Waals surface area contributed by atoms with E-state index in [1.165, 1.54) is 0 Å². The molecule has 0 fully saturated rings. The van der Waals surface area contributed by atoms with Crippen molar-refractivity contribution >= 4 is 27.3 Å². The van der Waals surface area contributed by atoms with Gasteiger partial charge in [0.25, 0.3) is 0 Å². The van der Waals surface area contributed by atoms with Crippen LogP contribution in [0.4, 0.5) is 15.8 Å². The maximum absolute atomic E-state index is 13.8. The molecule has 5 heteroatoms. The molecule has 3 nitrogen and oxygen atoms in total. The summed E-state index contributed by atoms with van der Waals surface area (Å²) in [5, 5.41) is 0. The van der Waals surface area contributed by atoms with Crippen LogP contribution >= 0.6 is 15.9 Å². The summed E-state index contributed by atoms with van der Waals surface area (Å²) < 4.78 is 14.2. The summed E-state index contributed by atoms with van der Waals surface area (Å²) in [5.41, 5.74) is 1.84. The minimum Gasteiger partial charge on any atom is -0.340 e. The molecule has 0 atom stereocenters. The number of hydrogen-bond donors (Lipinski definition) is 0. The topological polar surface area (TPSA) is 19.4 Å². The van der Waals surface area contributed by atoms with E-state index in [0.29, 0.717) is 4.47 Å². The standard InChI is InChI=1S/C15H17BrFN3/c1-19(2)9-10-20(12-5-7-18-8-6-12)13-3-4-14(16)15(17)11-13/h3-8,11H,9-10H2,1-2H3. The first kappa shape index (κ1) is 14.9. The van der Waals surface area contributed by atoms with Crippen molar-refractivity contribution in [1.82, 2.24) is 9.88 Å². The molecule has 0 aliphatic carbocycles. The summed E-state index contributed by atoms with van der Waals surface area (Å²) >= 11 is 3.19. The first-order valence-corrected chi connectivity index (χ1v) is 7.14. The fraction of sp³-hybridized carbons (Fsp3) is 0.267. The maximum Gasteiger partial charge on any atom is 0.139 e. The van der Waals surface area contributed by atoms with Gasteiger partial charge >= 0.3 is 0 Å². The largest absolute Gasteiger partial charge is 0.340 e. The van der Waals surface area contributed by atoms with Crippen LogP contribution in [0.2, 0.25) is 0 Å². The summed E-state index contributed by atoms with van der Waals surface area (Å²) in [4.78, 5) is 8.21. The molecule has 1 aromatic heterocycles. The van der Waals surface area contributed by atoms with E-state index in [1.807, 2.05) is 32.3 Å². The normalized spacial score (nSPS) is 10.8. The highest BCUT2D eigenvalue weighted by Crippen LogP contribution is 2.27. The lowest BCUT2D eigenvalue weighted by Crippen LogP contribution is -2.28. The van der Waals surface area contributed by atoms with Crippen molar-refractivity contribution in [2.75, 3.05) is 32.1 Å². The Morgan fingerprint density at radius 2 is 1.75 bits per heavy atom. The smallest absolute Gasteiger partial charge is 0.139 e. The van der Waals surface area contributed by atoms with Crippen molar-refractivity contribution in [1.29, 1.82) is 0 Å². The molecule has 2 aromatic rings. The number of pyridine rings is 1. The van der Waals surface area contributed by atoms with Gasteiger partial charge in [-0.2, -0.15) is 0 Å². The van der Waals surface area contributed by atoms with E-state index in [9.17, 15) is 4.39 Å². The maximum atomic E-state index is 13.8. The van der Waals surface area contributed by atoms with E-state index < -0.39 is 0 Å². The average molecular weight is 338 g/mol. The monoisotopic (exact) mass is 337 g/mol. The molecular weight excluding hydrogens is 321 g/mol. The van der Waals surface area contributed by atoms with Gasteiger partial charge in [-0.05, 0) is 60.4 Å². The highest BCUT2D eigenvalue weighted by molar-refractivity contribution is 9.10. The highest BCUT2D eigenvalue weighted by Gasteiger charge is 2.11. The van der Waals surface area contributed by atoms with Crippen molar-refractivity contribution < 1.29 is 4.39 Å². The zero-order valence-corrected chi connectivity index (χ0v) is 13.1. The third-order valence-corrected chi connectivity index (χ3v) is 3.60. The molecule has 0 saturated carbocycles. The lowest BCUT2D eigenvalue weighted by Gasteiger charge is -2.26. The Morgan fingerprint density at radius 1 is 1.05 bits per heavy atom. The number of likely N-dealkylation sites (N-methyl/N-ethyl adjacent to an activating group) is 1. The number of aromatic nitrogens is 1. The van der Waals surface area contributed by atoms with E-state index in [4.69, 9.17) is 0 Å². The van der Waals surface area contributed by atoms with Crippen LogP contribution in [0.15, 0.2) is 47.2 Å². The second kappa shape index (κ2) is 6.81. The van der Waals surface area contributed by atoms with Crippen LogP contribution in [-0.4, -0.2) is 37.1 Å². The van der Waals surface area contributed by atoms with Crippen molar-refractivity contribution in [2.45, 2.75) is 0 Å². The summed E-state index contributed by atoms with van der Waals surface area (Å²) in [5.74, 6) is -0.258. The molecule has 0 N–H and O–H groups in total. The highest BCUT2D eigenvalue weighted by atomic mass is 79.9. The minimum atomic E-state index is -0.258. The Labute approximate surface area is 127 Å². The molecule has 0 bridgehead atoms. The minimum absolute atomic E-state index is 0.258. The number of hydrogen-bond acceptors (Lipinski definition) is 3. The Balaban J connectivity index is 2.32. The number of benzene rings is 1. The van der Waals surface area contributed by atoms with Crippen LogP contribution < -0.4 is 4.90 Å². The zero-order valence-electron chi connectivity index (χ0n) is 11.6. The number of rotatable bonds is 5. The molecule has 0 saturated heterocycles. The molecule has 0 unspecified atom stereocenters. The third-order valence-electron chi connectivity index (χ3n) is 2.96. The predicted molar refractivity (Wildman–Crippen MR) is 83.9 cm³/mol. The van der Waals surface area contributed by atoms with Crippen LogP contribution in [-0.2, 0) is 0 Å². The molecule has 0 aliphatic heterocycles. The Kier molecular flexibility index (Phi) is 5.09. The average Bonchev–Trinajstić information content (AvgIpc) is 2.44. The molecule has 1 heterocycles. The predicted octanol–water partition coefficient (Wildman–Crippen LogP) is 3.68. The zero-order chi connectivity index (χ0) is 14.5. The van der Waals surface area contributed by atoms with Gasteiger partial charge in [-0.15, -0.1) is 0 Å². The van der Waals surface area contributed by atoms with Crippen LogP contribution in [0.5, 0.6) is 0 Å². The summed E-state index contributed by atoms with van der Waals surface area (Å²) in [6.07, 6.45) is 3.49. The van der Waals surface area contributed by atoms with Gasteiger partial charge in [-0.25, -0.2) is 4.39 Å². The van der Waals surface area contributed by atoms with Gasteiger partial charge in [0.2, 0.25) is 0 Å². The fourth-order valence-electron chi connectivity index (χ4n) is 1.88. The quantitative estimate of drug-likeness (QED) is 0.829. The first-order chi connectivity index (χ1) is 9.58. The molecule has 0 radical (unpaired) electrons. The Hall–Kier alpha value is -1.46. The van der Waals surface area contributed by atoms with Crippen molar-refractivity contribution in [3.8, 4) is 0 Å². The third kappa shape index (κ3) is 3.77. The van der Waals surface area contributed by atoms with Gasteiger partial charge in [-0.3, -0.25) is 4.98 Å². The van der Waals surface area contributed by atoms with Gasteiger partial charge in [0, 0.05) is 36.9 Å².